The van der Waals surface area contributed by atoms with Gasteiger partial charge < -0.3 is 14.6 Å². The molecule has 19 heavy (non-hydrogen) atoms. The lowest BCUT2D eigenvalue weighted by atomic mass is 10.2. The van der Waals surface area contributed by atoms with Gasteiger partial charge in [0.05, 0.1) is 13.2 Å². The average Bonchev–Trinajstić information content (AvgIpc) is 2.47. The summed E-state index contributed by atoms with van der Waals surface area (Å²) in [7, 11) is 0. The van der Waals surface area contributed by atoms with Crippen molar-refractivity contribution in [2.24, 2.45) is 0 Å². The van der Waals surface area contributed by atoms with Crippen LogP contribution in [0.1, 0.15) is 18.1 Å². The number of aliphatic hydroxyl groups excluding tert-OH is 1. The average molecular weight is 258 g/mol. The van der Waals surface area contributed by atoms with E-state index in [0.717, 1.165) is 11.1 Å². The topological polar surface area (TPSA) is 38.7 Å². The van der Waals surface area contributed by atoms with Crippen molar-refractivity contribution in [1.82, 2.24) is 0 Å². The van der Waals surface area contributed by atoms with Crippen molar-refractivity contribution in [3.05, 3.63) is 59.7 Å². The molecule has 3 nitrogen and oxygen atoms in total. The molecule has 0 saturated heterocycles. The van der Waals surface area contributed by atoms with Gasteiger partial charge in [0.1, 0.15) is 6.61 Å². The fraction of sp³-hybridized carbons (Fsp3) is 0.250. The van der Waals surface area contributed by atoms with Crippen LogP contribution in [0.3, 0.4) is 0 Å². The molecule has 100 valence electrons. The molecule has 2 rings (SSSR count). The van der Waals surface area contributed by atoms with Crippen LogP contribution in [0.5, 0.6) is 11.5 Å². The summed E-state index contributed by atoms with van der Waals surface area (Å²) >= 11 is 0. The van der Waals surface area contributed by atoms with Crippen LogP contribution in [-0.2, 0) is 13.2 Å². The van der Waals surface area contributed by atoms with E-state index in [9.17, 15) is 5.11 Å². The Morgan fingerprint density at radius 3 is 2.42 bits per heavy atom. The van der Waals surface area contributed by atoms with Crippen LogP contribution in [0.2, 0.25) is 0 Å². The second-order valence-electron chi connectivity index (χ2n) is 4.11. The molecule has 0 radical (unpaired) electrons. The molecule has 0 saturated carbocycles. The van der Waals surface area contributed by atoms with E-state index in [4.69, 9.17) is 9.47 Å². The van der Waals surface area contributed by atoms with Crippen molar-refractivity contribution in [1.29, 1.82) is 0 Å². The van der Waals surface area contributed by atoms with Gasteiger partial charge in [-0.3, -0.25) is 0 Å². The summed E-state index contributed by atoms with van der Waals surface area (Å²) in [5.41, 5.74) is 1.82. The first kappa shape index (κ1) is 13.4. The minimum absolute atomic E-state index is 0.0644. The van der Waals surface area contributed by atoms with E-state index in [-0.39, 0.29) is 6.61 Å². The van der Waals surface area contributed by atoms with E-state index in [0.29, 0.717) is 24.7 Å². The molecule has 2 aromatic carbocycles. The summed E-state index contributed by atoms with van der Waals surface area (Å²) in [6.45, 7) is 2.88. The number of ether oxygens (including phenoxy) is 2. The van der Waals surface area contributed by atoms with Gasteiger partial charge in [-0.1, -0.05) is 42.5 Å². The molecule has 0 atom stereocenters. The molecule has 0 unspecified atom stereocenters. The van der Waals surface area contributed by atoms with Crippen molar-refractivity contribution in [3.8, 4) is 11.5 Å². The summed E-state index contributed by atoms with van der Waals surface area (Å²) < 4.78 is 11.3. The molecule has 2 aromatic rings. The standard InChI is InChI=1S/C16H18O3/c1-2-18-15-10-6-9-14(11-17)16(15)19-12-13-7-4-3-5-8-13/h3-10,17H,2,11-12H2,1H3. The zero-order valence-corrected chi connectivity index (χ0v) is 11.0. The van der Waals surface area contributed by atoms with E-state index in [1.165, 1.54) is 0 Å². The predicted octanol–water partition coefficient (Wildman–Crippen LogP) is 3.16. The monoisotopic (exact) mass is 258 g/mol. The third-order valence-electron chi connectivity index (χ3n) is 2.76. The van der Waals surface area contributed by atoms with Gasteiger partial charge in [0.25, 0.3) is 0 Å². The van der Waals surface area contributed by atoms with E-state index in [2.05, 4.69) is 0 Å². The third kappa shape index (κ3) is 3.48. The first-order valence-electron chi connectivity index (χ1n) is 6.37. The fourth-order valence-corrected chi connectivity index (χ4v) is 1.85. The van der Waals surface area contributed by atoms with Crippen LogP contribution in [0, 0.1) is 0 Å². The van der Waals surface area contributed by atoms with Gasteiger partial charge in [-0.25, -0.2) is 0 Å². The van der Waals surface area contributed by atoms with Gasteiger partial charge in [0, 0.05) is 5.56 Å². The third-order valence-corrected chi connectivity index (χ3v) is 2.76. The summed E-state index contributed by atoms with van der Waals surface area (Å²) in [5, 5.41) is 9.37. The van der Waals surface area contributed by atoms with E-state index in [1.807, 2.05) is 55.5 Å². The van der Waals surface area contributed by atoms with Gasteiger partial charge in [0.15, 0.2) is 11.5 Å². The maximum absolute atomic E-state index is 9.37. The van der Waals surface area contributed by atoms with Crippen LogP contribution in [0.4, 0.5) is 0 Å². The van der Waals surface area contributed by atoms with E-state index >= 15 is 0 Å². The van der Waals surface area contributed by atoms with Gasteiger partial charge >= 0.3 is 0 Å². The maximum atomic E-state index is 9.37. The molecule has 0 aliphatic carbocycles. The summed E-state index contributed by atoms with van der Waals surface area (Å²) in [6.07, 6.45) is 0. The van der Waals surface area contributed by atoms with Crippen molar-refractivity contribution in [2.45, 2.75) is 20.1 Å². The lowest BCUT2D eigenvalue weighted by Crippen LogP contribution is -2.02. The van der Waals surface area contributed by atoms with Crippen molar-refractivity contribution >= 4 is 0 Å². The first-order valence-corrected chi connectivity index (χ1v) is 6.37. The molecule has 0 fully saturated rings. The Morgan fingerprint density at radius 2 is 1.74 bits per heavy atom. The molecule has 0 aromatic heterocycles. The lowest BCUT2D eigenvalue weighted by molar-refractivity contribution is 0.243. The number of para-hydroxylation sites is 1. The Bertz CT molecular complexity index is 509. The minimum Gasteiger partial charge on any atom is -0.490 e. The molecule has 0 aliphatic heterocycles. The highest BCUT2D eigenvalue weighted by Crippen LogP contribution is 2.32. The Hall–Kier alpha value is -2.00. The molecule has 0 bridgehead atoms. The zero-order valence-electron chi connectivity index (χ0n) is 11.0. The number of hydrogen-bond donors (Lipinski definition) is 1. The van der Waals surface area contributed by atoms with Crippen molar-refractivity contribution in [3.63, 3.8) is 0 Å². The second kappa shape index (κ2) is 6.81. The fourth-order valence-electron chi connectivity index (χ4n) is 1.85. The minimum atomic E-state index is -0.0644. The SMILES string of the molecule is CCOc1cccc(CO)c1OCc1ccccc1. The van der Waals surface area contributed by atoms with Gasteiger partial charge in [-0.15, -0.1) is 0 Å². The number of hydrogen-bond acceptors (Lipinski definition) is 3. The Balaban J connectivity index is 2.17. The molecule has 0 spiro atoms. The van der Waals surface area contributed by atoms with Gasteiger partial charge in [0.2, 0.25) is 0 Å². The van der Waals surface area contributed by atoms with Crippen LogP contribution in [0.15, 0.2) is 48.5 Å². The normalized spacial score (nSPS) is 10.2. The highest BCUT2D eigenvalue weighted by atomic mass is 16.5. The molecular weight excluding hydrogens is 240 g/mol. The van der Waals surface area contributed by atoms with Crippen LogP contribution in [0.25, 0.3) is 0 Å². The molecule has 0 aliphatic rings. The number of benzene rings is 2. The van der Waals surface area contributed by atoms with Gasteiger partial charge in [-0.05, 0) is 18.6 Å². The summed E-state index contributed by atoms with van der Waals surface area (Å²) in [6, 6.07) is 15.5. The van der Waals surface area contributed by atoms with Crippen LogP contribution < -0.4 is 9.47 Å². The summed E-state index contributed by atoms with van der Waals surface area (Å²) in [5.74, 6) is 1.29. The highest BCUT2D eigenvalue weighted by molar-refractivity contribution is 5.46. The molecule has 1 N–H and O–H groups in total. The van der Waals surface area contributed by atoms with Crippen molar-refractivity contribution in [2.75, 3.05) is 6.61 Å². The summed E-state index contributed by atoms with van der Waals surface area (Å²) in [4.78, 5) is 0. The quantitative estimate of drug-likeness (QED) is 0.865. The zero-order chi connectivity index (χ0) is 13.5. The first-order chi connectivity index (χ1) is 9.35. The largest absolute Gasteiger partial charge is 0.490 e. The number of aliphatic hydroxyl groups is 1. The van der Waals surface area contributed by atoms with E-state index in [1.54, 1.807) is 0 Å². The van der Waals surface area contributed by atoms with Crippen molar-refractivity contribution < 1.29 is 14.6 Å². The Morgan fingerprint density at radius 1 is 0.947 bits per heavy atom. The van der Waals surface area contributed by atoms with Crippen LogP contribution in [-0.4, -0.2) is 11.7 Å². The second-order valence-corrected chi connectivity index (χ2v) is 4.11. The molecular formula is C16H18O3. The highest BCUT2D eigenvalue weighted by Gasteiger charge is 2.10. The number of rotatable bonds is 6. The van der Waals surface area contributed by atoms with E-state index < -0.39 is 0 Å². The Kier molecular flexibility index (Phi) is 4.81. The molecule has 3 heteroatoms. The maximum Gasteiger partial charge on any atom is 0.167 e. The smallest absolute Gasteiger partial charge is 0.167 e. The molecule has 0 heterocycles. The van der Waals surface area contributed by atoms with Crippen LogP contribution >= 0.6 is 0 Å². The predicted molar refractivity (Wildman–Crippen MR) is 74.3 cm³/mol. The van der Waals surface area contributed by atoms with Gasteiger partial charge in [-0.2, -0.15) is 0 Å². The Labute approximate surface area is 113 Å². The molecule has 0 amide bonds. The lowest BCUT2D eigenvalue weighted by Gasteiger charge is -2.15.